The van der Waals surface area contributed by atoms with Crippen LogP contribution in [0.5, 0.6) is 0 Å². The fourth-order valence-electron chi connectivity index (χ4n) is 4.16. The Bertz CT molecular complexity index is 1000. The zero-order valence-corrected chi connectivity index (χ0v) is 23.5. The van der Waals surface area contributed by atoms with Gasteiger partial charge in [0.2, 0.25) is 0 Å². The molecule has 2 unspecified atom stereocenters. The lowest BCUT2D eigenvalue weighted by molar-refractivity contribution is 0.0393. The molecule has 0 heterocycles. The van der Waals surface area contributed by atoms with Crippen molar-refractivity contribution >= 4 is 17.9 Å². The number of benzene rings is 2. The molecule has 0 aliphatic rings. The maximum Gasteiger partial charge on any atom is 0.339 e. The van der Waals surface area contributed by atoms with Gasteiger partial charge >= 0.3 is 17.9 Å². The van der Waals surface area contributed by atoms with Crippen LogP contribution in [-0.4, -0.2) is 31.1 Å². The van der Waals surface area contributed by atoms with Crippen LogP contribution in [0.4, 0.5) is 0 Å². The zero-order chi connectivity index (χ0) is 27.8. The van der Waals surface area contributed by atoms with E-state index in [-0.39, 0.29) is 35.8 Å². The van der Waals surface area contributed by atoms with E-state index in [0.717, 1.165) is 56.9 Å². The second-order valence-electron chi connectivity index (χ2n) is 9.85. The van der Waals surface area contributed by atoms with Crippen molar-refractivity contribution in [2.45, 2.75) is 85.7 Å². The second-order valence-corrected chi connectivity index (χ2v) is 9.85. The Morgan fingerprint density at radius 2 is 1.21 bits per heavy atom. The van der Waals surface area contributed by atoms with Crippen LogP contribution in [-0.2, 0) is 20.8 Å². The van der Waals surface area contributed by atoms with Crippen molar-refractivity contribution in [1.82, 2.24) is 0 Å². The van der Waals surface area contributed by atoms with E-state index < -0.39 is 17.9 Å². The molecule has 0 aromatic heterocycles. The third-order valence-electron chi connectivity index (χ3n) is 6.89. The molecule has 6 nitrogen and oxygen atoms in total. The fraction of sp³-hybridized carbons (Fsp3) is 0.531. The maximum atomic E-state index is 13.1. The molecule has 2 atom stereocenters. The number of rotatable bonds is 17. The molecule has 0 saturated carbocycles. The normalized spacial score (nSPS) is 12.4. The van der Waals surface area contributed by atoms with Crippen molar-refractivity contribution < 1.29 is 28.6 Å². The molecule has 0 fully saturated rings. The van der Waals surface area contributed by atoms with E-state index in [1.54, 1.807) is 0 Å². The highest BCUT2D eigenvalue weighted by atomic mass is 16.5. The topological polar surface area (TPSA) is 78.9 Å². The number of ether oxygens (including phenoxy) is 3. The van der Waals surface area contributed by atoms with E-state index in [0.29, 0.717) is 12.5 Å². The minimum absolute atomic E-state index is 0.0000114. The average Bonchev–Trinajstić information content (AvgIpc) is 2.96. The third-order valence-corrected chi connectivity index (χ3v) is 6.89. The molecular formula is C32H44O6. The molecule has 2 aromatic rings. The van der Waals surface area contributed by atoms with Crippen molar-refractivity contribution in [3.8, 4) is 0 Å². The van der Waals surface area contributed by atoms with E-state index in [1.165, 1.54) is 18.2 Å². The molecule has 2 aromatic carbocycles. The highest BCUT2D eigenvalue weighted by Crippen LogP contribution is 2.20. The molecule has 0 aliphatic carbocycles. The molecule has 0 spiro atoms. The summed E-state index contributed by atoms with van der Waals surface area (Å²) in [6, 6.07) is 13.6. The molecule has 2 rings (SSSR count). The SMILES string of the molecule is CCCCC(CC)COC(=O)c1ccc(C(=O)OCC(CC)CCCC)c(C(=O)OCc2ccccc2)c1. The van der Waals surface area contributed by atoms with E-state index in [9.17, 15) is 14.4 Å². The molecule has 0 bridgehead atoms. The predicted octanol–water partition coefficient (Wildman–Crippen LogP) is 7.79. The van der Waals surface area contributed by atoms with Gasteiger partial charge in [0.15, 0.2) is 0 Å². The van der Waals surface area contributed by atoms with Gasteiger partial charge < -0.3 is 14.2 Å². The first-order chi connectivity index (χ1) is 18.4. The van der Waals surface area contributed by atoms with E-state index in [2.05, 4.69) is 27.7 Å². The number of hydrogen-bond donors (Lipinski definition) is 0. The van der Waals surface area contributed by atoms with Crippen molar-refractivity contribution in [1.29, 1.82) is 0 Å². The number of hydrogen-bond acceptors (Lipinski definition) is 6. The quantitative estimate of drug-likeness (QED) is 0.155. The van der Waals surface area contributed by atoms with Crippen LogP contribution >= 0.6 is 0 Å². The molecule has 0 radical (unpaired) electrons. The van der Waals surface area contributed by atoms with Crippen LogP contribution in [0.1, 0.15) is 116 Å². The summed E-state index contributed by atoms with van der Waals surface area (Å²) in [6.07, 6.45) is 8.13. The smallest absolute Gasteiger partial charge is 0.339 e. The lowest BCUT2D eigenvalue weighted by atomic mass is 10.00. The van der Waals surface area contributed by atoms with Crippen LogP contribution < -0.4 is 0 Å². The van der Waals surface area contributed by atoms with Gasteiger partial charge in [-0.05, 0) is 48.4 Å². The minimum atomic E-state index is -0.692. The summed E-state index contributed by atoms with van der Waals surface area (Å²) in [7, 11) is 0. The summed E-state index contributed by atoms with van der Waals surface area (Å²) < 4.78 is 16.7. The molecule has 6 heteroatoms. The summed E-state index contributed by atoms with van der Waals surface area (Å²) in [6.45, 7) is 9.08. The van der Waals surface area contributed by atoms with Crippen LogP contribution in [0.2, 0.25) is 0 Å². The highest BCUT2D eigenvalue weighted by Gasteiger charge is 2.23. The van der Waals surface area contributed by atoms with Gasteiger partial charge in [0.05, 0.1) is 29.9 Å². The third kappa shape index (κ3) is 10.3. The van der Waals surface area contributed by atoms with Gasteiger partial charge in [0.1, 0.15) is 6.61 Å². The van der Waals surface area contributed by atoms with E-state index in [4.69, 9.17) is 14.2 Å². The van der Waals surface area contributed by atoms with Crippen molar-refractivity contribution in [2.75, 3.05) is 13.2 Å². The van der Waals surface area contributed by atoms with Crippen LogP contribution in [0, 0.1) is 11.8 Å². The number of carbonyl (C=O) groups is 3. The summed E-state index contributed by atoms with van der Waals surface area (Å²) in [5.41, 5.74) is 1.10. The van der Waals surface area contributed by atoms with Gasteiger partial charge in [-0.1, -0.05) is 96.6 Å². The minimum Gasteiger partial charge on any atom is -0.462 e. The van der Waals surface area contributed by atoms with Gasteiger partial charge in [-0.25, -0.2) is 14.4 Å². The van der Waals surface area contributed by atoms with Crippen LogP contribution in [0.3, 0.4) is 0 Å². The summed E-state index contributed by atoms with van der Waals surface area (Å²) in [4.78, 5) is 39.0. The first-order valence-corrected chi connectivity index (χ1v) is 14.1. The molecular weight excluding hydrogens is 480 g/mol. The Morgan fingerprint density at radius 1 is 0.658 bits per heavy atom. The zero-order valence-electron chi connectivity index (χ0n) is 23.5. The predicted molar refractivity (Wildman–Crippen MR) is 149 cm³/mol. The Hall–Kier alpha value is -3.15. The number of unbranched alkanes of at least 4 members (excludes halogenated alkanes) is 2. The largest absolute Gasteiger partial charge is 0.462 e. The monoisotopic (exact) mass is 524 g/mol. The standard InChI is InChI=1S/C32H44O6/c1-5-9-14-24(7-3)21-36-30(33)27-18-19-28(31(34)37-22-25(8-4)15-10-6-2)29(20-27)32(35)38-23-26-16-12-11-13-17-26/h11-13,16-20,24-25H,5-10,14-15,21-23H2,1-4H3. The maximum absolute atomic E-state index is 13.1. The molecule has 0 amide bonds. The lowest BCUT2D eigenvalue weighted by Gasteiger charge is -2.17. The van der Waals surface area contributed by atoms with Crippen molar-refractivity contribution in [2.24, 2.45) is 11.8 Å². The van der Waals surface area contributed by atoms with E-state index >= 15 is 0 Å². The molecule has 0 N–H and O–H groups in total. The van der Waals surface area contributed by atoms with Gasteiger partial charge in [-0.3, -0.25) is 0 Å². The Kier molecular flexibility index (Phi) is 14.2. The first-order valence-electron chi connectivity index (χ1n) is 14.1. The molecule has 0 saturated heterocycles. The Labute approximate surface area is 228 Å². The van der Waals surface area contributed by atoms with Crippen LogP contribution in [0.25, 0.3) is 0 Å². The Morgan fingerprint density at radius 3 is 1.76 bits per heavy atom. The van der Waals surface area contributed by atoms with Gasteiger partial charge in [-0.2, -0.15) is 0 Å². The fourth-order valence-corrected chi connectivity index (χ4v) is 4.16. The first kappa shape index (κ1) is 31.1. The second kappa shape index (κ2) is 17.4. The van der Waals surface area contributed by atoms with Crippen LogP contribution in [0.15, 0.2) is 48.5 Å². The highest BCUT2D eigenvalue weighted by molar-refractivity contribution is 6.05. The van der Waals surface area contributed by atoms with Gasteiger partial charge in [-0.15, -0.1) is 0 Å². The molecule has 38 heavy (non-hydrogen) atoms. The number of esters is 3. The average molecular weight is 525 g/mol. The van der Waals surface area contributed by atoms with Crippen molar-refractivity contribution in [3.63, 3.8) is 0 Å². The molecule has 0 aliphatic heterocycles. The van der Waals surface area contributed by atoms with Gasteiger partial charge in [0, 0.05) is 0 Å². The Balaban J connectivity index is 2.20. The summed E-state index contributed by atoms with van der Waals surface area (Å²) >= 11 is 0. The summed E-state index contributed by atoms with van der Waals surface area (Å²) in [5, 5.41) is 0. The lowest BCUT2D eigenvalue weighted by Crippen LogP contribution is -2.19. The van der Waals surface area contributed by atoms with E-state index in [1.807, 2.05) is 30.3 Å². The van der Waals surface area contributed by atoms with Crippen molar-refractivity contribution in [3.05, 3.63) is 70.8 Å². The summed E-state index contributed by atoms with van der Waals surface area (Å²) in [5.74, 6) is -1.26. The number of carbonyl (C=O) groups excluding carboxylic acids is 3. The molecule has 208 valence electrons. The van der Waals surface area contributed by atoms with Gasteiger partial charge in [0.25, 0.3) is 0 Å².